The zero-order valence-corrected chi connectivity index (χ0v) is 13.1. The van der Waals surface area contributed by atoms with Gasteiger partial charge in [-0.05, 0) is 35.7 Å². The van der Waals surface area contributed by atoms with E-state index in [-0.39, 0.29) is 22.3 Å². The molecule has 0 saturated heterocycles. The van der Waals surface area contributed by atoms with Crippen molar-refractivity contribution in [3.8, 4) is 24.3 Å². The van der Waals surface area contributed by atoms with Gasteiger partial charge in [-0.1, -0.05) is 24.3 Å². The molecule has 0 fully saturated rings. The van der Waals surface area contributed by atoms with Crippen molar-refractivity contribution >= 4 is 21.5 Å². The summed E-state index contributed by atoms with van der Waals surface area (Å²) in [5.74, 6) is 0. The molecule has 3 aromatic carbocycles. The Morgan fingerprint density at radius 3 is 1.75 bits per heavy atom. The van der Waals surface area contributed by atoms with E-state index in [0.717, 1.165) is 21.9 Å². The molecule has 4 heteroatoms. The fourth-order valence-corrected chi connectivity index (χ4v) is 3.13. The number of rotatable bonds is 0. The van der Waals surface area contributed by atoms with Gasteiger partial charge in [-0.2, -0.15) is 21.0 Å². The highest BCUT2D eigenvalue weighted by molar-refractivity contribution is 6.14. The Morgan fingerprint density at radius 1 is 0.625 bits per heavy atom. The van der Waals surface area contributed by atoms with E-state index in [4.69, 9.17) is 0 Å². The summed E-state index contributed by atoms with van der Waals surface area (Å²) in [7, 11) is 0. The van der Waals surface area contributed by atoms with Crippen LogP contribution in [0, 0.1) is 59.2 Å². The van der Waals surface area contributed by atoms with E-state index in [0.29, 0.717) is 10.8 Å². The monoisotopic (exact) mass is 306 g/mol. The van der Waals surface area contributed by atoms with Gasteiger partial charge in [0.1, 0.15) is 24.3 Å². The number of hydrogen-bond donors (Lipinski definition) is 0. The van der Waals surface area contributed by atoms with Crippen molar-refractivity contribution in [2.45, 2.75) is 13.8 Å². The third-order valence-electron chi connectivity index (χ3n) is 4.43. The molecule has 0 heterocycles. The molecular weight excluding hydrogens is 296 g/mol. The van der Waals surface area contributed by atoms with Crippen LogP contribution in [0.15, 0.2) is 24.3 Å². The molecule has 0 atom stereocenters. The standard InChI is InChI=1S/C20H10N4/c1-11-3-4-13-5-6-14-15(7-21)16(8-22)17(9-23)18(10-24)20(14)19(13)12(11)2/h3-6H,1-2H3. The minimum atomic E-state index is -0.0336. The second-order valence-electron chi connectivity index (χ2n) is 5.54. The smallest absolute Gasteiger partial charge is 0.102 e. The molecule has 0 spiro atoms. The van der Waals surface area contributed by atoms with Crippen LogP contribution in [0.4, 0.5) is 0 Å². The van der Waals surface area contributed by atoms with E-state index in [9.17, 15) is 21.0 Å². The van der Waals surface area contributed by atoms with Crippen LogP contribution in [0.3, 0.4) is 0 Å². The first-order chi connectivity index (χ1) is 11.6. The van der Waals surface area contributed by atoms with E-state index < -0.39 is 0 Å². The lowest BCUT2D eigenvalue weighted by molar-refractivity contribution is 1.37. The van der Waals surface area contributed by atoms with Gasteiger partial charge in [0.25, 0.3) is 0 Å². The summed E-state index contributed by atoms with van der Waals surface area (Å²) >= 11 is 0. The Bertz CT molecular complexity index is 1210. The van der Waals surface area contributed by atoms with Crippen molar-refractivity contribution in [1.82, 2.24) is 0 Å². The molecule has 0 amide bonds. The molecule has 24 heavy (non-hydrogen) atoms. The summed E-state index contributed by atoms with van der Waals surface area (Å²) in [5.41, 5.74) is 2.28. The zero-order valence-electron chi connectivity index (χ0n) is 13.1. The van der Waals surface area contributed by atoms with E-state index in [2.05, 4.69) is 6.07 Å². The highest BCUT2D eigenvalue weighted by Gasteiger charge is 2.21. The SMILES string of the molecule is Cc1ccc2ccc3c(C#N)c(C#N)c(C#N)c(C#N)c3c2c1C. The summed E-state index contributed by atoms with van der Waals surface area (Å²) in [5, 5.41) is 40.9. The molecule has 0 aliphatic heterocycles. The lowest BCUT2D eigenvalue weighted by atomic mass is 9.86. The van der Waals surface area contributed by atoms with Crippen molar-refractivity contribution in [2.75, 3.05) is 0 Å². The van der Waals surface area contributed by atoms with Gasteiger partial charge >= 0.3 is 0 Å². The fourth-order valence-electron chi connectivity index (χ4n) is 3.13. The molecule has 0 unspecified atom stereocenters. The quantitative estimate of drug-likeness (QED) is 0.584. The second kappa shape index (κ2) is 5.40. The van der Waals surface area contributed by atoms with Crippen molar-refractivity contribution < 1.29 is 0 Å². The molecule has 0 aliphatic rings. The van der Waals surface area contributed by atoms with Gasteiger partial charge in [-0.15, -0.1) is 0 Å². The molecule has 0 radical (unpaired) electrons. The van der Waals surface area contributed by atoms with Crippen LogP contribution in [0.25, 0.3) is 21.5 Å². The predicted octanol–water partition coefficient (Wildman–Crippen LogP) is 4.10. The number of hydrogen-bond acceptors (Lipinski definition) is 4. The van der Waals surface area contributed by atoms with Crippen molar-refractivity contribution in [2.24, 2.45) is 0 Å². The summed E-state index contributed by atoms with van der Waals surface area (Å²) in [6.45, 7) is 3.92. The van der Waals surface area contributed by atoms with Crippen molar-refractivity contribution in [1.29, 1.82) is 21.0 Å². The largest absolute Gasteiger partial charge is 0.192 e. The molecule has 0 aliphatic carbocycles. The minimum absolute atomic E-state index is 0.0301. The minimum Gasteiger partial charge on any atom is -0.192 e. The molecule has 3 rings (SSSR count). The lowest BCUT2D eigenvalue weighted by Crippen LogP contribution is -1.99. The third-order valence-corrected chi connectivity index (χ3v) is 4.43. The maximum absolute atomic E-state index is 9.66. The third kappa shape index (κ3) is 1.82. The number of aryl methyl sites for hydroxylation is 2. The van der Waals surface area contributed by atoms with Crippen LogP contribution in [0.5, 0.6) is 0 Å². The van der Waals surface area contributed by atoms with Gasteiger partial charge in [-0.25, -0.2) is 0 Å². The Kier molecular flexibility index (Phi) is 3.39. The molecule has 0 bridgehead atoms. The number of fused-ring (bicyclic) bond motifs is 3. The van der Waals surface area contributed by atoms with Crippen LogP contribution < -0.4 is 0 Å². The van der Waals surface area contributed by atoms with E-state index >= 15 is 0 Å². The fraction of sp³-hybridized carbons (Fsp3) is 0.100. The molecule has 0 N–H and O–H groups in total. The Labute approximate surface area is 139 Å². The Morgan fingerprint density at radius 2 is 1.17 bits per heavy atom. The van der Waals surface area contributed by atoms with Gasteiger partial charge in [0.2, 0.25) is 0 Å². The van der Waals surface area contributed by atoms with Gasteiger partial charge in [0.05, 0.1) is 22.3 Å². The van der Waals surface area contributed by atoms with Gasteiger partial charge in [-0.3, -0.25) is 0 Å². The Hall–Kier alpha value is -3.86. The molecular formula is C20H10N4. The number of benzene rings is 3. The lowest BCUT2D eigenvalue weighted by Gasteiger charge is -2.13. The molecule has 3 aromatic rings. The maximum atomic E-state index is 9.66. The van der Waals surface area contributed by atoms with E-state index in [1.807, 2.05) is 50.3 Å². The van der Waals surface area contributed by atoms with Gasteiger partial charge in [0.15, 0.2) is 0 Å². The average Bonchev–Trinajstić information content (AvgIpc) is 2.61. The molecule has 0 aromatic heterocycles. The molecule has 4 nitrogen and oxygen atoms in total. The molecule has 0 saturated carbocycles. The van der Waals surface area contributed by atoms with Crippen LogP contribution in [0.1, 0.15) is 33.4 Å². The summed E-state index contributed by atoms with van der Waals surface area (Å²) in [4.78, 5) is 0. The van der Waals surface area contributed by atoms with Crippen molar-refractivity contribution in [3.63, 3.8) is 0 Å². The van der Waals surface area contributed by atoms with Crippen molar-refractivity contribution in [3.05, 3.63) is 57.6 Å². The summed E-state index contributed by atoms with van der Waals surface area (Å²) in [6.07, 6.45) is 0. The molecule has 110 valence electrons. The normalized spacial score (nSPS) is 9.92. The Balaban J connectivity index is 2.82. The highest BCUT2D eigenvalue weighted by atomic mass is 14.3. The first-order valence-corrected chi connectivity index (χ1v) is 7.22. The van der Waals surface area contributed by atoms with Crippen LogP contribution in [-0.4, -0.2) is 0 Å². The van der Waals surface area contributed by atoms with E-state index in [1.54, 1.807) is 6.07 Å². The highest BCUT2D eigenvalue weighted by Crippen LogP contribution is 2.36. The van der Waals surface area contributed by atoms with Crippen LogP contribution in [0.2, 0.25) is 0 Å². The number of nitrogens with zero attached hydrogens (tertiary/aromatic N) is 4. The maximum Gasteiger partial charge on any atom is 0.102 e. The van der Waals surface area contributed by atoms with Crippen LogP contribution >= 0.6 is 0 Å². The zero-order chi connectivity index (χ0) is 17.4. The number of nitriles is 4. The predicted molar refractivity (Wildman–Crippen MR) is 89.8 cm³/mol. The topological polar surface area (TPSA) is 95.2 Å². The van der Waals surface area contributed by atoms with Crippen LogP contribution in [-0.2, 0) is 0 Å². The van der Waals surface area contributed by atoms with E-state index in [1.165, 1.54) is 0 Å². The summed E-state index contributed by atoms with van der Waals surface area (Å²) in [6, 6.07) is 15.5. The second-order valence-corrected chi connectivity index (χ2v) is 5.54. The van der Waals surface area contributed by atoms with Gasteiger partial charge in [0, 0.05) is 10.8 Å². The average molecular weight is 306 g/mol. The van der Waals surface area contributed by atoms with Gasteiger partial charge < -0.3 is 0 Å². The first-order valence-electron chi connectivity index (χ1n) is 7.22. The summed E-state index contributed by atoms with van der Waals surface area (Å²) < 4.78 is 0. The first kappa shape index (κ1) is 15.1.